The highest BCUT2D eigenvalue weighted by atomic mass is 32.2. The third kappa shape index (κ3) is 2.04. The zero-order valence-electron chi connectivity index (χ0n) is 7.83. The van der Waals surface area contributed by atoms with Crippen LogP contribution in [0.1, 0.15) is 13.3 Å². The summed E-state index contributed by atoms with van der Waals surface area (Å²) in [6.45, 7) is 1.72. The molecule has 0 atom stereocenters. The molecule has 14 heavy (non-hydrogen) atoms. The fraction of sp³-hybridized carbons (Fsp3) is 0.333. The molecule has 0 bridgehead atoms. The van der Waals surface area contributed by atoms with Gasteiger partial charge < -0.3 is 5.73 Å². The van der Waals surface area contributed by atoms with Gasteiger partial charge in [0.1, 0.15) is 10.7 Å². The summed E-state index contributed by atoms with van der Waals surface area (Å²) in [6, 6.07) is 3.86. The Balaban J connectivity index is 3.32. The van der Waals surface area contributed by atoms with Crippen LogP contribution in [0.25, 0.3) is 0 Å². The number of sulfone groups is 1. The average Bonchev–Trinajstić information content (AvgIpc) is 2.02. The summed E-state index contributed by atoms with van der Waals surface area (Å²) in [4.78, 5) is -0.373. The largest absolute Gasteiger partial charge is 0.398 e. The number of benzene rings is 1. The van der Waals surface area contributed by atoms with Crippen LogP contribution in [0.2, 0.25) is 0 Å². The Morgan fingerprint density at radius 2 is 2.07 bits per heavy atom. The molecule has 0 aromatic heterocycles. The highest BCUT2D eigenvalue weighted by Crippen LogP contribution is 2.23. The molecule has 1 aromatic rings. The van der Waals surface area contributed by atoms with E-state index in [1.54, 1.807) is 6.92 Å². The molecule has 5 heteroatoms. The lowest BCUT2D eigenvalue weighted by Crippen LogP contribution is -2.10. The van der Waals surface area contributed by atoms with Crippen LogP contribution in [0.15, 0.2) is 23.1 Å². The van der Waals surface area contributed by atoms with Crippen molar-refractivity contribution >= 4 is 15.5 Å². The molecule has 0 spiro atoms. The first-order chi connectivity index (χ1) is 6.49. The summed E-state index contributed by atoms with van der Waals surface area (Å²) in [7, 11) is -3.57. The van der Waals surface area contributed by atoms with Gasteiger partial charge in [0, 0.05) is 0 Å². The third-order valence-electron chi connectivity index (χ3n) is 1.78. The van der Waals surface area contributed by atoms with Gasteiger partial charge in [-0.15, -0.1) is 0 Å². The molecule has 0 radical (unpaired) electrons. The molecule has 0 aliphatic carbocycles. The Hall–Kier alpha value is -1.10. The lowest BCUT2D eigenvalue weighted by molar-refractivity contribution is 0.567. The Kier molecular flexibility index (Phi) is 3.10. The molecule has 0 saturated carbocycles. The highest BCUT2D eigenvalue weighted by Gasteiger charge is 2.20. The second-order valence-corrected chi connectivity index (χ2v) is 5.02. The first-order valence-corrected chi connectivity index (χ1v) is 5.91. The number of nitrogens with two attached hydrogens (primary N) is 1. The minimum Gasteiger partial charge on any atom is -0.398 e. The van der Waals surface area contributed by atoms with E-state index in [1.165, 1.54) is 12.1 Å². The molecule has 0 fully saturated rings. The predicted molar refractivity (Wildman–Crippen MR) is 53.2 cm³/mol. The maximum Gasteiger partial charge on any atom is 0.183 e. The molecule has 0 unspecified atom stereocenters. The molecule has 0 aliphatic rings. The average molecular weight is 217 g/mol. The molecule has 0 heterocycles. The molecule has 78 valence electrons. The molecular formula is C9H12FNO2S. The van der Waals surface area contributed by atoms with Crippen molar-refractivity contribution in [2.24, 2.45) is 0 Å². The van der Waals surface area contributed by atoms with Crippen molar-refractivity contribution < 1.29 is 12.8 Å². The van der Waals surface area contributed by atoms with Crippen molar-refractivity contribution in [3.05, 3.63) is 24.0 Å². The Labute approximate surface area is 82.7 Å². The van der Waals surface area contributed by atoms with E-state index in [0.29, 0.717) is 6.42 Å². The lowest BCUT2D eigenvalue weighted by atomic mass is 10.3. The lowest BCUT2D eigenvalue weighted by Gasteiger charge is -2.06. The maximum atomic E-state index is 13.2. The number of hydrogen-bond donors (Lipinski definition) is 1. The second-order valence-electron chi connectivity index (χ2n) is 2.98. The summed E-state index contributed by atoms with van der Waals surface area (Å²) >= 11 is 0. The predicted octanol–water partition coefficient (Wildman–Crippen LogP) is 1.59. The number of rotatable bonds is 3. The molecule has 3 nitrogen and oxygen atoms in total. The molecule has 1 rings (SSSR count). The molecule has 2 N–H and O–H groups in total. The normalized spacial score (nSPS) is 11.6. The van der Waals surface area contributed by atoms with E-state index in [9.17, 15) is 12.8 Å². The summed E-state index contributed by atoms with van der Waals surface area (Å²) in [5.74, 6) is -0.864. The summed E-state index contributed by atoms with van der Waals surface area (Å²) < 4.78 is 36.3. The third-order valence-corrected chi connectivity index (χ3v) is 3.78. The van der Waals surface area contributed by atoms with E-state index in [1.807, 2.05) is 0 Å². The Morgan fingerprint density at radius 1 is 1.43 bits per heavy atom. The topological polar surface area (TPSA) is 60.2 Å². The highest BCUT2D eigenvalue weighted by molar-refractivity contribution is 7.91. The van der Waals surface area contributed by atoms with Gasteiger partial charge in [-0.1, -0.05) is 13.0 Å². The smallest absolute Gasteiger partial charge is 0.183 e. The van der Waals surface area contributed by atoms with Crippen molar-refractivity contribution in [1.29, 1.82) is 0 Å². The summed E-state index contributed by atoms with van der Waals surface area (Å²) in [5.41, 5.74) is 5.39. The summed E-state index contributed by atoms with van der Waals surface area (Å²) in [6.07, 6.45) is 0.441. The van der Waals surface area contributed by atoms with E-state index < -0.39 is 15.7 Å². The van der Waals surface area contributed by atoms with Crippen LogP contribution in [-0.4, -0.2) is 14.2 Å². The number of anilines is 1. The van der Waals surface area contributed by atoms with Crippen LogP contribution in [0, 0.1) is 5.82 Å². The van der Waals surface area contributed by atoms with Gasteiger partial charge in [0.2, 0.25) is 0 Å². The van der Waals surface area contributed by atoms with Crippen molar-refractivity contribution in [2.75, 3.05) is 11.5 Å². The Bertz CT molecular complexity index is 408. The zero-order valence-corrected chi connectivity index (χ0v) is 8.64. The monoisotopic (exact) mass is 217 g/mol. The van der Waals surface area contributed by atoms with E-state index >= 15 is 0 Å². The van der Waals surface area contributed by atoms with Gasteiger partial charge in [-0.2, -0.15) is 0 Å². The first kappa shape index (κ1) is 11.0. The standard InChI is InChI=1S/C9H12FNO2S/c1-2-6-14(12,13)9-7(10)4-3-5-8(9)11/h3-5H,2,6,11H2,1H3. The van der Waals surface area contributed by atoms with Crippen molar-refractivity contribution in [3.63, 3.8) is 0 Å². The SMILES string of the molecule is CCCS(=O)(=O)c1c(N)cccc1F. The molecule has 0 saturated heterocycles. The van der Waals surface area contributed by atoms with Gasteiger partial charge in [0.25, 0.3) is 0 Å². The van der Waals surface area contributed by atoms with Crippen LogP contribution in [-0.2, 0) is 9.84 Å². The van der Waals surface area contributed by atoms with E-state index in [4.69, 9.17) is 5.73 Å². The van der Waals surface area contributed by atoms with Gasteiger partial charge >= 0.3 is 0 Å². The van der Waals surface area contributed by atoms with Crippen LogP contribution >= 0.6 is 0 Å². The molecular weight excluding hydrogens is 205 g/mol. The minimum absolute atomic E-state index is 0.0292. The van der Waals surface area contributed by atoms with Crippen LogP contribution < -0.4 is 5.73 Å². The van der Waals surface area contributed by atoms with Gasteiger partial charge in [-0.25, -0.2) is 12.8 Å². The van der Waals surface area contributed by atoms with Crippen LogP contribution in [0.4, 0.5) is 10.1 Å². The van der Waals surface area contributed by atoms with Crippen molar-refractivity contribution in [1.82, 2.24) is 0 Å². The fourth-order valence-corrected chi connectivity index (χ4v) is 2.76. The second kappa shape index (κ2) is 3.96. The van der Waals surface area contributed by atoms with Gasteiger partial charge in [0.05, 0.1) is 11.4 Å². The maximum absolute atomic E-state index is 13.2. The molecule has 0 amide bonds. The quantitative estimate of drug-likeness (QED) is 0.782. The number of hydrogen-bond acceptors (Lipinski definition) is 3. The number of nitrogen functional groups attached to an aromatic ring is 1. The van der Waals surface area contributed by atoms with Gasteiger partial charge in [0.15, 0.2) is 9.84 Å². The van der Waals surface area contributed by atoms with Crippen molar-refractivity contribution in [3.8, 4) is 0 Å². The number of halogens is 1. The molecule has 0 aliphatic heterocycles. The molecule has 1 aromatic carbocycles. The summed E-state index contributed by atoms with van der Waals surface area (Å²) in [5, 5.41) is 0. The van der Waals surface area contributed by atoms with Crippen molar-refractivity contribution in [2.45, 2.75) is 18.2 Å². The zero-order chi connectivity index (χ0) is 10.8. The minimum atomic E-state index is -3.57. The van der Waals surface area contributed by atoms with E-state index in [0.717, 1.165) is 6.07 Å². The van der Waals surface area contributed by atoms with Crippen LogP contribution in [0.5, 0.6) is 0 Å². The van der Waals surface area contributed by atoms with Gasteiger partial charge in [-0.3, -0.25) is 0 Å². The Morgan fingerprint density at radius 3 is 2.57 bits per heavy atom. The van der Waals surface area contributed by atoms with E-state index in [-0.39, 0.29) is 16.3 Å². The van der Waals surface area contributed by atoms with E-state index in [2.05, 4.69) is 0 Å². The van der Waals surface area contributed by atoms with Crippen LogP contribution in [0.3, 0.4) is 0 Å². The van der Waals surface area contributed by atoms with Gasteiger partial charge in [-0.05, 0) is 18.6 Å². The first-order valence-electron chi connectivity index (χ1n) is 4.25. The fourth-order valence-electron chi connectivity index (χ4n) is 1.22.